The molecular weight excluding hydrogens is 394 g/mol. The lowest BCUT2D eigenvalue weighted by atomic mass is 10.1. The van der Waals surface area contributed by atoms with Gasteiger partial charge in [-0.25, -0.2) is 0 Å². The van der Waals surface area contributed by atoms with Gasteiger partial charge in [0.25, 0.3) is 0 Å². The number of hydrogen-bond donors (Lipinski definition) is 0. The molecule has 1 atom stereocenters. The monoisotopic (exact) mass is 415 g/mol. The first kappa shape index (κ1) is 18.6. The summed E-state index contributed by atoms with van der Waals surface area (Å²) in [5.74, 6) is 0.937. The molecule has 2 nitrogen and oxygen atoms in total. The van der Waals surface area contributed by atoms with E-state index in [2.05, 4.69) is 86.6 Å². The van der Waals surface area contributed by atoms with Gasteiger partial charge in [-0.05, 0) is 31.2 Å². The van der Waals surface area contributed by atoms with E-state index >= 15 is 0 Å². The second-order valence-corrected chi connectivity index (χ2v) is 10.2. The summed E-state index contributed by atoms with van der Waals surface area (Å²) in [5, 5.41) is 1.03. The van der Waals surface area contributed by atoms with Gasteiger partial charge in [-0.2, -0.15) is 0 Å². The van der Waals surface area contributed by atoms with Crippen LogP contribution in [-0.4, -0.2) is 14.8 Å². The predicted octanol–water partition coefficient (Wildman–Crippen LogP) is 6.90. The van der Waals surface area contributed by atoms with Crippen LogP contribution >= 0.6 is 23.5 Å². The summed E-state index contributed by atoms with van der Waals surface area (Å²) in [5.41, 5.74) is 3.03. The minimum Gasteiger partial charge on any atom is -0.462 e. The zero-order chi connectivity index (χ0) is 19.9. The Morgan fingerprint density at radius 3 is 1.76 bits per heavy atom. The maximum Gasteiger partial charge on any atom is 0.236 e. The third-order valence-corrected chi connectivity index (χ3v) is 8.48. The van der Waals surface area contributed by atoms with E-state index in [1.54, 1.807) is 23.5 Å². The molecule has 0 aromatic heterocycles. The maximum absolute atomic E-state index is 6.82. The van der Waals surface area contributed by atoms with Crippen molar-refractivity contribution in [2.75, 3.05) is 0 Å². The summed E-state index contributed by atoms with van der Waals surface area (Å²) >= 11 is 3.51. The summed E-state index contributed by atoms with van der Waals surface area (Å²) < 4.78 is 6.29. The quantitative estimate of drug-likeness (QED) is 0.464. The van der Waals surface area contributed by atoms with Crippen LogP contribution in [-0.2, 0) is 4.74 Å². The number of rotatable bonds is 3. The molecule has 0 N–H and O–H groups in total. The smallest absolute Gasteiger partial charge is 0.236 e. The molecule has 29 heavy (non-hydrogen) atoms. The Hall–Kier alpha value is -2.43. The summed E-state index contributed by atoms with van der Waals surface area (Å²) in [6, 6.07) is 31.3. The Bertz CT molecular complexity index is 1040. The summed E-state index contributed by atoms with van der Waals surface area (Å²) in [4.78, 5) is 6.26. The fraction of sp³-hybridized carbons (Fsp3) is 0.160. The molecule has 5 rings (SSSR count). The van der Waals surface area contributed by atoms with E-state index in [1.807, 2.05) is 18.2 Å². The van der Waals surface area contributed by atoms with E-state index in [1.165, 1.54) is 10.5 Å². The summed E-state index contributed by atoms with van der Waals surface area (Å²) in [7, 11) is 0. The molecule has 3 aromatic carbocycles. The Morgan fingerprint density at radius 2 is 1.17 bits per heavy atom. The van der Waals surface area contributed by atoms with Crippen molar-refractivity contribution < 1.29 is 4.74 Å². The number of thioether (sulfide) groups is 2. The number of aliphatic imine (C=N–C) groups is 1. The van der Waals surface area contributed by atoms with Gasteiger partial charge in [0.2, 0.25) is 4.27 Å². The van der Waals surface area contributed by atoms with Crippen molar-refractivity contribution in [2.24, 2.45) is 4.99 Å². The fourth-order valence-electron chi connectivity index (χ4n) is 3.53. The molecule has 2 aliphatic heterocycles. The molecule has 0 radical (unpaired) electrons. The third kappa shape index (κ3) is 3.21. The first-order chi connectivity index (χ1) is 14.1. The van der Waals surface area contributed by atoms with E-state index in [9.17, 15) is 0 Å². The Labute approximate surface area is 180 Å². The van der Waals surface area contributed by atoms with Crippen LogP contribution in [0.25, 0.3) is 10.7 Å². The van der Waals surface area contributed by atoms with E-state index < -0.39 is 4.27 Å². The van der Waals surface area contributed by atoms with Crippen LogP contribution in [0.1, 0.15) is 30.5 Å². The van der Waals surface area contributed by atoms with Gasteiger partial charge in [-0.15, -0.1) is 0 Å². The van der Waals surface area contributed by atoms with Crippen molar-refractivity contribution in [1.29, 1.82) is 0 Å². The second-order valence-electron chi connectivity index (χ2n) is 7.59. The highest BCUT2D eigenvalue weighted by Gasteiger charge is 2.59. The highest BCUT2D eigenvalue weighted by Crippen LogP contribution is 2.65. The third-order valence-electron chi connectivity index (χ3n) is 5.13. The van der Waals surface area contributed by atoms with Gasteiger partial charge < -0.3 is 4.74 Å². The Kier molecular flexibility index (Phi) is 4.56. The molecule has 144 valence electrons. The topological polar surface area (TPSA) is 21.6 Å². The predicted molar refractivity (Wildman–Crippen MR) is 126 cm³/mol. The fourth-order valence-corrected chi connectivity index (χ4v) is 6.59. The van der Waals surface area contributed by atoms with Crippen LogP contribution < -0.4 is 0 Å². The van der Waals surface area contributed by atoms with E-state index in [0.29, 0.717) is 0 Å². The SMILES string of the molecule is CC1(C)N=C(c2ccccc2)SC12OC(c1ccccc1)=C(c1ccccc1)S2. The van der Waals surface area contributed by atoms with Crippen molar-refractivity contribution in [2.45, 2.75) is 23.7 Å². The van der Waals surface area contributed by atoms with E-state index in [0.717, 1.165) is 21.9 Å². The molecular formula is C25H21NOS2. The van der Waals surface area contributed by atoms with Gasteiger partial charge in [0, 0.05) is 11.1 Å². The van der Waals surface area contributed by atoms with Crippen LogP contribution in [0.5, 0.6) is 0 Å². The van der Waals surface area contributed by atoms with Gasteiger partial charge in [-0.3, -0.25) is 4.99 Å². The molecule has 1 spiro atoms. The molecule has 3 aromatic rings. The van der Waals surface area contributed by atoms with Crippen molar-refractivity contribution in [1.82, 2.24) is 0 Å². The molecule has 0 saturated carbocycles. The zero-order valence-corrected chi connectivity index (χ0v) is 18.0. The van der Waals surface area contributed by atoms with Crippen LogP contribution in [0.4, 0.5) is 0 Å². The molecule has 1 unspecified atom stereocenters. The van der Waals surface area contributed by atoms with Crippen LogP contribution in [0, 0.1) is 0 Å². The second kappa shape index (κ2) is 7.12. The highest BCUT2D eigenvalue weighted by atomic mass is 32.2. The van der Waals surface area contributed by atoms with Gasteiger partial charge >= 0.3 is 0 Å². The standard InChI is InChI=1S/C25H21NOS2/c1-24(2)25(29-23(26-24)20-16-10-5-11-17-20)27-21(18-12-6-3-7-13-18)22(28-25)19-14-8-4-9-15-19/h3-17H,1-2H3. The average Bonchev–Trinajstić information content (AvgIpc) is 3.28. The van der Waals surface area contributed by atoms with Crippen molar-refractivity contribution in [3.63, 3.8) is 0 Å². The highest BCUT2D eigenvalue weighted by molar-refractivity contribution is 8.29. The van der Waals surface area contributed by atoms with Gasteiger partial charge in [-0.1, -0.05) is 103 Å². The van der Waals surface area contributed by atoms with Crippen molar-refractivity contribution in [3.05, 3.63) is 108 Å². The van der Waals surface area contributed by atoms with Gasteiger partial charge in [0.1, 0.15) is 16.3 Å². The van der Waals surface area contributed by atoms with Crippen LogP contribution in [0.3, 0.4) is 0 Å². The maximum atomic E-state index is 6.82. The molecule has 2 heterocycles. The molecule has 0 aliphatic carbocycles. The van der Waals surface area contributed by atoms with Gasteiger partial charge in [0.15, 0.2) is 0 Å². The lowest BCUT2D eigenvalue weighted by Crippen LogP contribution is -2.40. The number of nitrogens with zero attached hydrogens (tertiary/aromatic N) is 1. The average molecular weight is 416 g/mol. The van der Waals surface area contributed by atoms with Crippen molar-refractivity contribution >= 4 is 39.2 Å². The van der Waals surface area contributed by atoms with Crippen LogP contribution in [0.2, 0.25) is 0 Å². The first-order valence-corrected chi connectivity index (χ1v) is 11.3. The zero-order valence-electron chi connectivity index (χ0n) is 16.3. The Balaban J connectivity index is 1.58. The summed E-state index contributed by atoms with van der Waals surface area (Å²) in [6.45, 7) is 4.33. The Morgan fingerprint density at radius 1 is 0.655 bits per heavy atom. The molecule has 4 heteroatoms. The minimum absolute atomic E-state index is 0.385. The minimum atomic E-state index is -0.533. The molecule has 0 fully saturated rings. The lowest BCUT2D eigenvalue weighted by molar-refractivity contribution is 0.160. The van der Waals surface area contributed by atoms with E-state index in [4.69, 9.17) is 9.73 Å². The number of hydrogen-bond acceptors (Lipinski definition) is 4. The van der Waals surface area contributed by atoms with Crippen molar-refractivity contribution in [3.8, 4) is 0 Å². The normalized spacial score (nSPS) is 22.6. The number of ether oxygens (including phenoxy) is 1. The van der Waals surface area contributed by atoms with Crippen LogP contribution in [0.15, 0.2) is 96.0 Å². The van der Waals surface area contributed by atoms with Gasteiger partial charge in [0.05, 0.1) is 4.91 Å². The molecule has 0 bridgehead atoms. The molecule has 0 amide bonds. The largest absolute Gasteiger partial charge is 0.462 e. The molecule has 0 saturated heterocycles. The number of benzene rings is 3. The van der Waals surface area contributed by atoms with E-state index in [-0.39, 0.29) is 5.54 Å². The first-order valence-electron chi connectivity index (χ1n) is 9.65. The lowest BCUT2D eigenvalue weighted by Gasteiger charge is -2.33. The molecule has 2 aliphatic rings. The summed E-state index contributed by atoms with van der Waals surface area (Å²) in [6.07, 6.45) is 0.